The van der Waals surface area contributed by atoms with E-state index in [2.05, 4.69) is 18.8 Å². The molecule has 0 radical (unpaired) electrons. The Kier molecular flexibility index (Phi) is 6.86. The maximum absolute atomic E-state index is 13.0. The van der Waals surface area contributed by atoms with Crippen LogP contribution in [-0.2, 0) is 11.3 Å². The Morgan fingerprint density at radius 1 is 1.25 bits per heavy atom. The molecule has 0 saturated heterocycles. The van der Waals surface area contributed by atoms with Gasteiger partial charge in [-0.25, -0.2) is 4.98 Å². The molecule has 1 aromatic heterocycles. The summed E-state index contributed by atoms with van der Waals surface area (Å²) in [5.41, 5.74) is 0.834. The van der Waals surface area contributed by atoms with Crippen LogP contribution in [0.2, 0.25) is 0 Å². The first-order chi connectivity index (χ1) is 13.1. The van der Waals surface area contributed by atoms with Gasteiger partial charge >= 0.3 is 0 Å². The third kappa shape index (κ3) is 4.91. The van der Waals surface area contributed by atoms with Crippen molar-refractivity contribution in [2.75, 3.05) is 20.2 Å². The van der Waals surface area contributed by atoms with Gasteiger partial charge in [-0.1, -0.05) is 34.6 Å². The lowest BCUT2D eigenvalue weighted by atomic mass is 9.90. The van der Waals surface area contributed by atoms with Crippen LogP contribution in [-0.4, -0.2) is 46.3 Å². The van der Waals surface area contributed by atoms with Gasteiger partial charge in [-0.15, -0.1) is 0 Å². The van der Waals surface area contributed by atoms with Gasteiger partial charge in [0.25, 0.3) is 0 Å². The number of fused-ring (bicyclic) bond motifs is 1. The van der Waals surface area contributed by atoms with Crippen molar-refractivity contribution < 1.29 is 14.3 Å². The zero-order chi connectivity index (χ0) is 21.1. The number of carbonyl (C=O) groups excluding carboxylic acids is 2. The number of imidazole rings is 1. The van der Waals surface area contributed by atoms with E-state index >= 15 is 0 Å². The molecule has 0 spiro atoms. The number of benzene rings is 1. The van der Waals surface area contributed by atoms with Gasteiger partial charge in [-0.2, -0.15) is 0 Å². The molecule has 1 amide bonds. The molecule has 0 aliphatic rings. The monoisotopic (exact) mass is 387 g/mol. The molecular formula is C22H33N3O3. The van der Waals surface area contributed by atoms with E-state index in [0.29, 0.717) is 29.6 Å². The van der Waals surface area contributed by atoms with E-state index in [1.54, 1.807) is 17.7 Å². The van der Waals surface area contributed by atoms with Gasteiger partial charge in [-0.05, 0) is 31.4 Å². The molecule has 0 bridgehead atoms. The number of rotatable bonds is 8. The molecule has 28 heavy (non-hydrogen) atoms. The smallest absolute Gasteiger partial charge is 0.242 e. The van der Waals surface area contributed by atoms with Crippen molar-refractivity contribution in [3.05, 3.63) is 24.0 Å². The predicted molar refractivity (Wildman–Crippen MR) is 112 cm³/mol. The summed E-state index contributed by atoms with van der Waals surface area (Å²) in [7, 11) is 1.59. The second-order valence-electron chi connectivity index (χ2n) is 8.61. The third-order valence-corrected chi connectivity index (χ3v) is 4.84. The Morgan fingerprint density at radius 3 is 2.46 bits per heavy atom. The molecular weight excluding hydrogens is 354 g/mol. The number of likely N-dealkylation sites (N-methyl/N-ethyl adjacent to an activating group) is 1. The Labute approximate surface area is 167 Å². The fourth-order valence-electron chi connectivity index (χ4n) is 3.01. The quantitative estimate of drug-likeness (QED) is 0.638. The number of Topliss-reactive ketones (excluding diaryl/α,β-unsaturated/α-hetero) is 1. The number of hydrogen-bond donors (Lipinski definition) is 0. The van der Waals surface area contributed by atoms with Crippen molar-refractivity contribution in [2.45, 2.75) is 54.5 Å². The molecule has 2 aromatic rings. The molecule has 154 valence electrons. The van der Waals surface area contributed by atoms with Crippen LogP contribution in [0.15, 0.2) is 18.2 Å². The van der Waals surface area contributed by atoms with Gasteiger partial charge in [0, 0.05) is 24.6 Å². The van der Waals surface area contributed by atoms with Crippen molar-refractivity contribution in [3.8, 4) is 5.75 Å². The van der Waals surface area contributed by atoms with Crippen LogP contribution in [0.1, 0.15) is 58.6 Å². The number of carbonyl (C=O) groups is 2. The molecule has 0 saturated carbocycles. The van der Waals surface area contributed by atoms with Crippen molar-refractivity contribution >= 4 is 22.7 Å². The van der Waals surface area contributed by atoms with Crippen molar-refractivity contribution in [3.63, 3.8) is 0 Å². The normalized spacial score (nSPS) is 11.9. The molecule has 0 unspecified atom stereocenters. The summed E-state index contributed by atoms with van der Waals surface area (Å²) < 4.78 is 7.03. The largest absolute Gasteiger partial charge is 0.497 e. The molecule has 0 N–H and O–H groups in total. The minimum Gasteiger partial charge on any atom is -0.497 e. The molecule has 2 rings (SSSR count). The van der Waals surface area contributed by atoms with E-state index in [-0.39, 0.29) is 18.2 Å². The minimum absolute atomic E-state index is 0.00114. The summed E-state index contributed by atoms with van der Waals surface area (Å²) in [5, 5.41) is 0. The lowest BCUT2D eigenvalue weighted by Gasteiger charge is -2.23. The number of methoxy groups -OCH3 is 1. The van der Waals surface area contributed by atoms with Crippen LogP contribution in [0.25, 0.3) is 11.0 Å². The fourth-order valence-corrected chi connectivity index (χ4v) is 3.01. The van der Waals surface area contributed by atoms with E-state index in [1.165, 1.54) is 0 Å². The van der Waals surface area contributed by atoms with Crippen LogP contribution >= 0.6 is 0 Å². The van der Waals surface area contributed by atoms with E-state index in [0.717, 1.165) is 18.5 Å². The summed E-state index contributed by atoms with van der Waals surface area (Å²) in [6.07, 6.45) is 0.954. The number of hydrogen-bond acceptors (Lipinski definition) is 4. The van der Waals surface area contributed by atoms with Crippen molar-refractivity contribution in [1.29, 1.82) is 0 Å². The van der Waals surface area contributed by atoms with Crippen LogP contribution in [0.4, 0.5) is 0 Å². The molecule has 1 heterocycles. The number of ketones is 1. The first kappa shape index (κ1) is 21.9. The summed E-state index contributed by atoms with van der Waals surface area (Å²) in [6.45, 7) is 13.3. The predicted octanol–water partition coefficient (Wildman–Crippen LogP) is 4.17. The summed E-state index contributed by atoms with van der Waals surface area (Å²) >= 11 is 0. The zero-order valence-corrected chi connectivity index (χ0v) is 18.2. The van der Waals surface area contributed by atoms with Crippen LogP contribution in [0.3, 0.4) is 0 Å². The number of amides is 1. The van der Waals surface area contributed by atoms with E-state index in [4.69, 9.17) is 4.74 Å². The van der Waals surface area contributed by atoms with Gasteiger partial charge in [0.2, 0.25) is 11.7 Å². The topological polar surface area (TPSA) is 64.4 Å². The SMILES string of the molecule is CCN(CCC(C)C)C(=O)Cn1c(C(=O)C(C)(C)C)nc2cc(OC)ccc21. The Morgan fingerprint density at radius 2 is 1.93 bits per heavy atom. The minimum atomic E-state index is -0.589. The lowest BCUT2D eigenvalue weighted by molar-refractivity contribution is -0.131. The highest BCUT2D eigenvalue weighted by Crippen LogP contribution is 2.26. The molecule has 0 aliphatic heterocycles. The number of aromatic nitrogens is 2. The standard InChI is InChI=1S/C22H33N3O3/c1-8-24(12-11-15(2)3)19(26)14-25-18-10-9-16(28-7)13-17(18)23-21(25)20(27)22(4,5)6/h9-10,13,15H,8,11-12,14H2,1-7H3. The first-order valence-corrected chi connectivity index (χ1v) is 9.95. The van der Waals surface area contributed by atoms with E-state index < -0.39 is 5.41 Å². The van der Waals surface area contributed by atoms with Crippen LogP contribution in [0, 0.1) is 11.3 Å². The summed E-state index contributed by atoms with van der Waals surface area (Å²) in [4.78, 5) is 32.4. The van der Waals surface area contributed by atoms with E-state index in [9.17, 15) is 9.59 Å². The average molecular weight is 388 g/mol. The van der Waals surface area contributed by atoms with Gasteiger partial charge in [0.05, 0.1) is 18.1 Å². The highest BCUT2D eigenvalue weighted by atomic mass is 16.5. The maximum atomic E-state index is 13.0. The zero-order valence-electron chi connectivity index (χ0n) is 18.2. The second-order valence-corrected chi connectivity index (χ2v) is 8.61. The third-order valence-electron chi connectivity index (χ3n) is 4.84. The first-order valence-electron chi connectivity index (χ1n) is 9.95. The Balaban J connectivity index is 2.45. The Bertz CT molecular complexity index is 847. The maximum Gasteiger partial charge on any atom is 0.242 e. The van der Waals surface area contributed by atoms with Gasteiger partial charge in [0.15, 0.2) is 5.82 Å². The second kappa shape index (κ2) is 8.76. The van der Waals surface area contributed by atoms with Crippen LogP contribution in [0.5, 0.6) is 5.75 Å². The molecule has 0 atom stereocenters. The Hall–Kier alpha value is -2.37. The molecule has 1 aromatic carbocycles. The van der Waals surface area contributed by atoms with Gasteiger partial charge in [0.1, 0.15) is 12.3 Å². The molecule has 0 fully saturated rings. The number of ether oxygens (including phenoxy) is 1. The van der Waals surface area contributed by atoms with Gasteiger partial charge < -0.3 is 14.2 Å². The average Bonchev–Trinajstić information content (AvgIpc) is 2.97. The van der Waals surface area contributed by atoms with Crippen LogP contribution < -0.4 is 4.74 Å². The molecule has 6 heteroatoms. The fraction of sp³-hybridized carbons (Fsp3) is 0.591. The van der Waals surface area contributed by atoms with Crippen molar-refractivity contribution in [1.82, 2.24) is 14.5 Å². The van der Waals surface area contributed by atoms with Gasteiger partial charge in [-0.3, -0.25) is 9.59 Å². The highest BCUT2D eigenvalue weighted by molar-refractivity contribution is 6.00. The van der Waals surface area contributed by atoms with E-state index in [1.807, 2.05) is 44.7 Å². The number of nitrogens with zero attached hydrogens (tertiary/aromatic N) is 3. The summed E-state index contributed by atoms with van der Waals surface area (Å²) in [6, 6.07) is 5.48. The van der Waals surface area contributed by atoms with Crippen molar-refractivity contribution in [2.24, 2.45) is 11.3 Å². The summed E-state index contributed by atoms with van der Waals surface area (Å²) in [5.74, 6) is 1.44. The molecule has 0 aliphatic carbocycles. The highest BCUT2D eigenvalue weighted by Gasteiger charge is 2.29. The molecule has 6 nitrogen and oxygen atoms in total. The lowest BCUT2D eigenvalue weighted by Crippen LogP contribution is -2.36.